The van der Waals surface area contributed by atoms with Gasteiger partial charge in [0.1, 0.15) is 5.75 Å². The maximum atomic E-state index is 12.5. The van der Waals surface area contributed by atoms with Gasteiger partial charge in [-0.3, -0.25) is 24.4 Å². The SMILES string of the molecule is Cn1nc(C2CCC(=O)NC2=O)c2ccc(OCC(=O)Nc3ccc(CS(=O)(=O)N4CCCC4)cc3)cc21. The second-order valence-corrected chi connectivity index (χ2v) is 11.6. The van der Waals surface area contributed by atoms with Gasteiger partial charge in [-0.25, -0.2) is 12.7 Å². The third kappa shape index (κ3) is 5.55. The second-order valence-electron chi connectivity index (χ2n) is 9.59. The van der Waals surface area contributed by atoms with Crippen molar-refractivity contribution in [2.75, 3.05) is 25.0 Å². The number of hydrogen-bond acceptors (Lipinski definition) is 7. The monoisotopic (exact) mass is 539 g/mol. The molecule has 5 rings (SSSR count). The lowest BCUT2D eigenvalue weighted by Gasteiger charge is -2.19. The van der Waals surface area contributed by atoms with Crippen LogP contribution in [0.1, 0.15) is 42.9 Å². The van der Waals surface area contributed by atoms with Crippen molar-refractivity contribution in [2.24, 2.45) is 7.05 Å². The minimum Gasteiger partial charge on any atom is -0.484 e. The van der Waals surface area contributed by atoms with E-state index in [-0.39, 0.29) is 36.5 Å². The number of rotatable bonds is 8. The summed E-state index contributed by atoms with van der Waals surface area (Å²) in [7, 11) is -1.57. The van der Waals surface area contributed by atoms with E-state index in [0.717, 1.165) is 23.7 Å². The predicted octanol–water partition coefficient (Wildman–Crippen LogP) is 2.04. The van der Waals surface area contributed by atoms with Gasteiger partial charge in [0, 0.05) is 43.7 Å². The average Bonchev–Trinajstić information content (AvgIpc) is 3.53. The molecule has 3 amide bonds. The number of aromatic nitrogens is 2. The van der Waals surface area contributed by atoms with Crippen molar-refractivity contribution in [1.82, 2.24) is 19.4 Å². The molecule has 2 aliphatic rings. The van der Waals surface area contributed by atoms with Crippen LogP contribution in [0, 0.1) is 0 Å². The topological polar surface area (TPSA) is 140 Å². The molecule has 0 aliphatic carbocycles. The molecule has 12 heteroatoms. The molecule has 1 atom stereocenters. The van der Waals surface area contributed by atoms with Crippen molar-refractivity contribution in [3.8, 4) is 5.75 Å². The highest BCUT2D eigenvalue weighted by atomic mass is 32.2. The number of imide groups is 1. The largest absolute Gasteiger partial charge is 0.484 e. The van der Waals surface area contributed by atoms with Crippen LogP contribution in [0.4, 0.5) is 5.69 Å². The van der Waals surface area contributed by atoms with E-state index in [1.807, 2.05) is 0 Å². The zero-order chi connectivity index (χ0) is 26.9. The van der Waals surface area contributed by atoms with Gasteiger partial charge >= 0.3 is 0 Å². The highest BCUT2D eigenvalue weighted by molar-refractivity contribution is 7.88. The Morgan fingerprint density at radius 3 is 2.58 bits per heavy atom. The maximum Gasteiger partial charge on any atom is 0.262 e. The number of ether oxygens (including phenoxy) is 1. The van der Waals surface area contributed by atoms with E-state index in [0.29, 0.717) is 42.2 Å². The average molecular weight is 540 g/mol. The molecular weight excluding hydrogens is 510 g/mol. The number of benzene rings is 2. The fourth-order valence-electron chi connectivity index (χ4n) is 4.87. The van der Waals surface area contributed by atoms with Crippen molar-refractivity contribution >= 4 is 44.3 Å². The first kappa shape index (κ1) is 25.9. The minimum absolute atomic E-state index is 0.0634. The summed E-state index contributed by atoms with van der Waals surface area (Å²) < 4.78 is 33.8. The summed E-state index contributed by atoms with van der Waals surface area (Å²) in [6.07, 6.45) is 2.47. The highest BCUT2D eigenvalue weighted by Gasteiger charge is 2.31. The molecule has 3 heterocycles. The van der Waals surface area contributed by atoms with Gasteiger partial charge in [-0.15, -0.1) is 0 Å². The van der Waals surface area contributed by atoms with E-state index in [1.54, 1.807) is 54.2 Å². The number of nitrogens with zero attached hydrogens (tertiary/aromatic N) is 3. The third-order valence-corrected chi connectivity index (χ3v) is 8.69. The number of piperidine rings is 1. The van der Waals surface area contributed by atoms with Crippen molar-refractivity contribution in [1.29, 1.82) is 0 Å². The Kier molecular flexibility index (Phi) is 7.17. The van der Waals surface area contributed by atoms with Gasteiger partial charge in [0.2, 0.25) is 21.8 Å². The van der Waals surface area contributed by atoms with E-state index >= 15 is 0 Å². The Bertz CT molecular complexity index is 1490. The number of aryl methyl sites for hydroxylation is 1. The molecule has 2 aliphatic heterocycles. The zero-order valence-electron chi connectivity index (χ0n) is 21.0. The Morgan fingerprint density at radius 2 is 1.87 bits per heavy atom. The zero-order valence-corrected chi connectivity index (χ0v) is 21.8. The minimum atomic E-state index is -3.33. The van der Waals surface area contributed by atoms with Gasteiger partial charge in [-0.2, -0.15) is 5.10 Å². The molecule has 11 nitrogen and oxygen atoms in total. The van der Waals surface area contributed by atoms with Crippen LogP contribution in [-0.2, 0) is 37.2 Å². The lowest BCUT2D eigenvalue weighted by Crippen LogP contribution is -2.39. The standard InChI is InChI=1S/C26H29N5O6S/c1-30-22-14-19(8-9-20(22)25(29-30)21-10-11-23(32)28-26(21)34)37-15-24(33)27-18-6-4-17(5-7-18)16-38(35,36)31-12-2-3-13-31/h4-9,14,21H,2-3,10-13,15-16H2,1H3,(H,27,33)(H,28,32,34). The van der Waals surface area contributed by atoms with Crippen molar-refractivity contribution < 1.29 is 27.5 Å². The fraction of sp³-hybridized carbons (Fsp3) is 0.385. The molecule has 0 bridgehead atoms. The Balaban J connectivity index is 1.18. The molecule has 1 aromatic heterocycles. The summed E-state index contributed by atoms with van der Waals surface area (Å²) in [6.45, 7) is 0.921. The summed E-state index contributed by atoms with van der Waals surface area (Å²) in [4.78, 5) is 36.2. The number of carbonyl (C=O) groups excluding carboxylic acids is 3. The van der Waals surface area contributed by atoms with Crippen LogP contribution in [0.3, 0.4) is 0 Å². The van der Waals surface area contributed by atoms with E-state index in [9.17, 15) is 22.8 Å². The Labute approximate surface area is 220 Å². The van der Waals surface area contributed by atoms with E-state index in [2.05, 4.69) is 15.7 Å². The fourth-order valence-corrected chi connectivity index (χ4v) is 6.48. The van der Waals surface area contributed by atoms with E-state index in [4.69, 9.17) is 4.74 Å². The Hall–Kier alpha value is -3.77. The van der Waals surface area contributed by atoms with Crippen LogP contribution in [0.25, 0.3) is 10.9 Å². The van der Waals surface area contributed by atoms with Crippen LogP contribution in [-0.4, -0.2) is 59.9 Å². The number of anilines is 1. The first-order chi connectivity index (χ1) is 18.2. The molecular formula is C26H29N5O6S. The molecule has 3 aromatic rings. The van der Waals surface area contributed by atoms with Crippen LogP contribution < -0.4 is 15.4 Å². The number of carbonyl (C=O) groups is 3. The lowest BCUT2D eigenvalue weighted by atomic mass is 9.93. The predicted molar refractivity (Wildman–Crippen MR) is 140 cm³/mol. The second kappa shape index (κ2) is 10.5. The summed E-state index contributed by atoms with van der Waals surface area (Å²) in [5, 5.41) is 10.4. The van der Waals surface area contributed by atoms with E-state index in [1.165, 1.54) is 4.31 Å². The van der Waals surface area contributed by atoms with Crippen LogP contribution in [0.2, 0.25) is 0 Å². The van der Waals surface area contributed by atoms with Gasteiger partial charge in [0.25, 0.3) is 5.91 Å². The molecule has 38 heavy (non-hydrogen) atoms. The van der Waals surface area contributed by atoms with Gasteiger partial charge < -0.3 is 10.1 Å². The maximum absolute atomic E-state index is 12.5. The molecule has 0 saturated carbocycles. The molecule has 200 valence electrons. The molecule has 2 fully saturated rings. The first-order valence-corrected chi connectivity index (χ1v) is 14.1. The van der Waals surface area contributed by atoms with Crippen LogP contribution in [0.5, 0.6) is 5.75 Å². The van der Waals surface area contributed by atoms with Gasteiger partial charge in [-0.05, 0) is 49.1 Å². The van der Waals surface area contributed by atoms with Crippen molar-refractivity contribution in [3.05, 3.63) is 53.7 Å². The Morgan fingerprint density at radius 1 is 1.13 bits per heavy atom. The molecule has 2 saturated heterocycles. The lowest BCUT2D eigenvalue weighted by molar-refractivity contribution is -0.134. The van der Waals surface area contributed by atoms with Gasteiger partial charge in [0.15, 0.2) is 6.61 Å². The third-order valence-electron chi connectivity index (χ3n) is 6.84. The van der Waals surface area contributed by atoms with E-state index < -0.39 is 15.9 Å². The molecule has 1 unspecified atom stereocenters. The summed E-state index contributed by atoms with van der Waals surface area (Å²) in [5.74, 6) is -1.08. The molecule has 0 radical (unpaired) electrons. The summed E-state index contributed by atoms with van der Waals surface area (Å²) >= 11 is 0. The number of hydrogen-bond donors (Lipinski definition) is 2. The number of nitrogens with one attached hydrogen (secondary N) is 2. The normalized spacial score (nSPS) is 18.5. The van der Waals surface area contributed by atoms with Gasteiger partial charge in [0.05, 0.1) is 22.9 Å². The smallest absolute Gasteiger partial charge is 0.262 e. The number of sulfonamides is 1. The molecule has 2 N–H and O–H groups in total. The summed E-state index contributed by atoms with van der Waals surface area (Å²) in [6, 6.07) is 12.0. The quantitative estimate of drug-likeness (QED) is 0.418. The van der Waals surface area contributed by atoms with Crippen LogP contribution >= 0.6 is 0 Å². The van der Waals surface area contributed by atoms with Crippen molar-refractivity contribution in [2.45, 2.75) is 37.4 Å². The van der Waals surface area contributed by atoms with Crippen LogP contribution in [0.15, 0.2) is 42.5 Å². The molecule has 2 aromatic carbocycles. The number of amides is 3. The molecule has 0 spiro atoms. The van der Waals surface area contributed by atoms with Gasteiger partial charge in [-0.1, -0.05) is 12.1 Å². The summed E-state index contributed by atoms with van der Waals surface area (Å²) in [5.41, 5.74) is 2.54. The van der Waals surface area contributed by atoms with Crippen molar-refractivity contribution in [3.63, 3.8) is 0 Å². The highest BCUT2D eigenvalue weighted by Crippen LogP contribution is 2.32. The number of fused-ring (bicyclic) bond motifs is 1. The first-order valence-electron chi connectivity index (χ1n) is 12.5.